The first-order valence-corrected chi connectivity index (χ1v) is 8.43. The van der Waals surface area contributed by atoms with Gasteiger partial charge in [-0.3, -0.25) is 4.72 Å². The van der Waals surface area contributed by atoms with Gasteiger partial charge >= 0.3 is 0 Å². The van der Waals surface area contributed by atoms with Gasteiger partial charge in [0.2, 0.25) is 10.0 Å². The first kappa shape index (κ1) is 16.6. The van der Waals surface area contributed by atoms with Crippen LogP contribution in [0.25, 0.3) is 0 Å². The lowest BCUT2D eigenvalue weighted by Gasteiger charge is -2.11. The average Bonchev–Trinajstić information content (AvgIpc) is 2.31. The van der Waals surface area contributed by atoms with Crippen molar-refractivity contribution in [3.8, 4) is 0 Å². The molecule has 108 valence electrons. The molecule has 0 heterocycles. The number of rotatable bonds is 7. The molecule has 7 heteroatoms. The molecule has 0 aliphatic rings. The highest BCUT2D eigenvalue weighted by molar-refractivity contribution is 7.92. The van der Waals surface area contributed by atoms with Crippen LogP contribution in [0.1, 0.15) is 18.9 Å². The molecule has 0 aliphatic heterocycles. The fourth-order valence-corrected chi connectivity index (χ4v) is 2.96. The Morgan fingerprint density at radius 1 is 1.16 bits per heavy atom. The van der Waals surface area contributed by atoms with Crippen molar-refractivity contribution >= 4 is 38.9 Å². The second kappa shape index (κ2) is 7.33. The van der Waals surface area contributed by atoms with Crippen LogP contribution >= 0.6 is 23.2 Å². The zero-order valence-electron chi connectivity index (χ0n) is 11.0. The highest BCUT2D eigenvalue weighted by Gasteiger charge is 2.13. The van der Waals surface area contributed by atoms with E-state index in [0.717, 1.165) is 18.5 Å². The van der Waals surface area contributed by atoms with Crippen LogP contribution in [-0.4, -0.2) is 27.3 Å². The van der Waals surface area contributed by atoms with Gasteiger partial charge in [0.15, 0.2) is 0 Å². The molecule has 19 heavy (non-hydrogen) atoms. The van der Waals surface area contributed by atoms with Crippen LogP contribution < -0.4 is 10.0 Å². The Morgan fingerprint density at radius 2 is 1.84 bits per heavy atom. The van der Waals surface area contributed by atoms with E-state index in [2.05, 4.69) is 10.0 Å². The predicted molar refractivity (Wildman–Crippen MR) is 81.8 cm³/mol. The van der Waals surface area contributed by atoms with E-state index in [1.165, 1.54) is 6.07 Å². The minimum Gasteiger partial charge on any atom is -0.316 e. The Hall–Kier alpha value is -0.490. The summed E-state index contributed by atoms with van der Waals surface area (Å²) in [5, 5.41) is 3.85. The maximum atomic E-state index is 11.9. The van der Waals surface area contributed by atoms with Crippen LogP contribution in [-0.2, 0) is 10.0 Å². The molecule has 0 atom stereocenters. The molecule has 4 nitrogen and oxygen atoms in total. The Balaban J connectivity index is 2.70. The van der Waals surface area contributed by atoms with Crippen LogP contribution in [0.5, 0.6) is 0 Å². The van der Waals surface area contributed by atoms with E-state index in [9.17, 15) is 8.42 Å². The van der Waals surface area contributed by atoms with Gasteiger partial charge < -0.3 is 5.32 Å². The Morgan fingerprint density at radius 3 is 2.47 bits per heavy atom. The van der Waals surface area contributed by atoms with Crippen molar-refractivity contribution in [2.45, 2.75) is 20.3 Å². The third kappa shape index (κ3) is 5.57. The lowest BCUT2D eigenvalue weighted by molar-refractivity contribution is 0.595. The number of nitrogens with one attached hydrogen (secondary N) is 2. The summed E-state index contributed by atoms with van der Waals surface area (Å²) in [6.45, 7) is 5.03. The van der Waals surface area contributed by atoms with Gasteiger partial charge in [-0.25, -0.2) is 8.42 Å². The van der Waals surface area contributed by atoms with Crippen molar-refractivity contribution in [3.63, 3.8) is 0 Å². The number of hydrogen-bond donors (Lipinski definition) is 2. The summed E-state index contributed by atoms with van der Waals surface area (Å²) < 4.78 is 26.2. The number of anilines is 1. The van der Waals surface area contributed by atoms with Gasteiger partial charge in [0.25, 0.3) is 0 Å². The van der Waals surface area contributed by atoms with Crippen molar-refractivity contribution in [1.29, 1.82) is 0 Å². The zero-order valence-corrected chi connectivity index (χ0v) is 13.3. The van der Waals surface area contributed by atoms with E-state index in [4.69, 9.17) is 23.2 Å². The summed E-state index contributed by atoms with van der Waals surface area (Å²) in [5.41, 5.74) is 1.12. The Kier molecular flexibility index (Phi) is 6.39. The van der Waals surface area contributed by atoms with Gasteiger partial charge in [0.05, 0.1) is 16.5 Å². The van der Waals surface area contributed by atoms with Gasteiger partial charge in [-0.2, -0.15) is 0 Å². The van der Waals surface area contributed by atoms with Crippen molar-refractivity contribution in [2.75, 3.05) is 23.6 Å². The Labute approximate surface area is 124 Å². The largest absolute Gasteiger partial charge is 0.316 e. The maximum absolute atomic E-state index is 11.9. The summed E-state index contributed by atoms with van der Waals surface area (Å²) in [6.07, 6.45) is 0.965. The molecule has 2 N–H and O–H groups in total. The molecule has 0 bridgehead atoms. The average molecular weight is 325 g/mol. The van der Waals surface area contributed by atoms with E-state index in [0.29, 0.717) is 22.3 Å². The standard InChI is InChI=1S/C12H18Cl2N2O2S/c1-3-4-15-5-6-19(17,18)16-12-8-10(13)9(2)7-11(12)14/h7-8,15-16H,3-6H2,1-2H3. The van der Waals surface area contributed by atoms with E-state index in [-0.39, 0.29) is 5.75 Å². The second-order valence-electron chi connectivity index (χ2n) is 4.25. The third-order valence-electron chi connectivity index (χ3n) is 2.49. The normalized spacial score (nSPS) is 11.6. The fourth-order valence-electron chi connectivity index (χ4n) is 1.45. The Bertz CT molecular complexity index is 533. The zero-order chi connectivity index (χ0) is 14.5. The molecular weight excluding hydrogens is 307 g/mol. The summed E-state index contributed by atoms with van der Waals surface area (Å²) in [5.74, 6) is -0.00513. The summed E-state index contributed by atoms with van der Waals surface area (Å²) >= 11 is 11.9. The van der Waals surface area contributed by atoms with Crippen LogP contribution in [0.3, 0.4) is 0 Å². The van der Waals surface area contributed by atoms with Crippen molar-refractivity contribution in [2.24, 2.45) is 0 Å². The van der Waals surface area contributed by atoms with Crippen molar-refractivity contribution in [3.05, 3.63) is 27.7 Å². The first-order valence-electron chi connectivity index (χ1n) is 6.02. The van der Waals surface area contributed by atoms with E-state index < -0.39 is 10.0 Å². The number of aryl methyl sites for hydroxylation is 1. The monoisotopic (exact) mass is 324 g/mol. The molecule has 0 aromatic heterocycles. The molecule has 0 fully saturated rings. The van der Waals surface area contributed by atoms with E-state index >= 15 is 0 Å². The fraction of sp³-hybridized carbons (Fsp3) is 0.500. The molecule has 0 saturated heterocycles. The molecule has 1 rings (SSSR count). The summed E-state index contributed by atoms with van der Waals surface area (Å²) in [7, 11) is -3.42. The van der Waals surface area contributed by atoms with Gasteiger partial charge in [0.1, 0.15) is 0 Å². The van der Waals surface area contributed by atoms with Gasteiger partial charge in [0, 0.05) is 11.6 Å². The van der Waals surface area contributed by atoms with Gasteiger partial charge in [-0.15, -0.1) is 0 Å². The SMILES string of the molecule is CCCNCCS(=O)(=O)Nc1cc(Cl)c(C)cc1Cl. The van der Waals surface area contributed by atoms with E-state index in [1.807, 2.05) is 6.92 Å². The molecular formula is C12H18Cl2N2O2S. The molecule has 0 amide bonds. The van der Waals surface area contributed by atoms with Crippen LogP contribution in [0.4, 0.5) is 5.69 Å². The predicted octanol–water partition coefficient (Wildman–Crippen LogP) is 3.04. The lowest BCUT2D eigenvalue weighted by Crippen LogP contribution is -2.27. The highest BCUT2D eigenvalue weighted by atomic mass is 35.5. The van der Waals surface area contributed by atoms with Crippen LogP contribution in [0, 0.1) is 6.92 Å². The first-order chi connectivity index (χ1) is 8.85. The maximum Gasteiger partial charge on any atom is 0.234 e. The molecule has 1 aromatic carbocycles. The van der Waals surface area contributed by atoms with Crippen LogP contribution in [0.2, 0.25) is 10.0 Å². The van der Waals surface area contributed by atoms with E-state index in [1.54, 1.807) is 13.0 Å². The number of halogens is 2. The molecule has 1 aromatic rings. The molecule has 0 unspecified atom stereocenters. The topological polar surface area (TPSA) is 58.2 Å². The quantitative estimate of drug-likeness (QED) is 0.758. The minimum atomic E-state index is -3.42. The van der Waals surface area contributed by atoms with Gasteiger partial charge in [-0.05, 0) is 37.6 Å². The third-order valence-corrected chi connectivity index (χ3v) is 4.48. The van der Waals surface area contributed by atoms with Crippen molar-refractivity contribution in [1.82, 2.24) is 5.32 Å². The number of benzene rings is 1. The number of sulfonamides is 1. The minimum absolute atomic E-state index is 0.00513. The number of hydrogen-bond acceptors (Lipinski definition) is 3. The van der Waals surface area contributed by atoms with Crippen LogP contribution in [0.15, 0.2) is 12.1 Å². The summed E-state index contributed by atoms with van der Waals surface area (Å²) in [4.78, 5) is 0. The molecule has 0 radical (unpaired) electrons. The highest BCUT2D eigenvalue weighted by Crippen LogP contribution is 2.29. The molecule has 0 saturated carbocycles. The lowest BCUT2D eigenvalue weighted by atomic mass is 10.2. The smallest absolute Gasteiger partial charge is 0.234 e. The van der Waals surface area contributed by atoms with Gasteiger partial charge in [-0.1, -0.05) is 30.1 Å². The molecule has 0 aliphatic carbocycles. The molecule has 0 spiro atoms. The summed E-state index contributed by atoms with van der Waals surface area (Å²) in [6, 6.07) is 3.16. The van der Waals surface area contributed by atoms with Crippen molar-refractivity contribution < 1.29 is 8.42 Å². The second-order valence-corrected chi connectivity index (χ2v) is 6.91.